The van der Waals surface area contributed by atoms with E-state index in [-0.39, 0.29) is 18.8 Å². The first-order valence-electron chi connectivity index (χ1n) is 14.0. The maximum atomic E-state index is 14.0. The summed E-state index contributed by atoms with van der Waals surface area (Å²) in [5.74, 6) is 0.603. The second-order valence-electron chi connectivity index (χ2n) is 9.89. The van der Waals surface area contributed by atoms with Crippen LogP contribution in [0.5, 0.6) is 11.5 Å². The van der Waals surface area contributed by atoms with Crippen LogP contribution in [0.2, 0.25) is 15.1 Å². The van der Waals surface area contributed by atoms with Gasteiger partial charge in [-0.1, -0.05) is 77.7 Å². The number of carbonyl (C=O) groups is 1. The number of hydrogen-bond donors (Lipinski definition) is 0. The Morgan fingerprint density at radius 3 is 2.43 bits per heavy atom. The molecule has 0 radical (unpaired) electrons. The van der Waals surface area contributed by atoms with Gasteiger partial charge in [0.2, 0.25) is 0 Å². The van der Waals surface area contributed by atoms with E-state index in [0.717, 1.165) is 17.5 Å². The molecule has 0 fully saturated rings. The number of allylic oxidation sites excluding steroid dienone is 1. The topological polar surface area (TPSA) is 79.1 Å². The maximum absolute atomic E-state index is 14.0. The van der Waals surface area contributed by atoms with E-state index in [2.05, 4.69) is 0 Å². The summed E-state index contributed by atoms with van der Waals surface area (Å²) in [4.78, 5) is 32.7. The van der Waals surface area contributed by atoms with Crippen molar-refractivity contribution in [3.8, 4) is 11.5 Å². The molecule has 0 unspecified atom stereocenters. The van der Waals surface area contributed by atoms with Crippen LogP contribution in [0, 0.1) is 0 Å². The Balaban J connectivity index is 1.56. The molecule has 4 aromatic rings. The standard InChI is InChI=1S/C33H29Cl3N2O5S/c1-4-6-26-29(32(40)42-5-2)30(24-16-21(34)11-14-27(24)41-3)38-31(39)28(44-33(38)37-26)15-19-7-12-23(13-8-19)43-18-20-9-10-22(35)17-25(20)36/h7-17,30H,4-6,18H2,1-3H3/b28-15+/t30-/m1/s1. The van der Waals surface area contributed by atoms with Crippen LogP contribution >= 0.6 is 46.1 Å². The third-order valence-electron chi connectivity index (χ3n) is 6.97. The average Bonchev–Trinajstić information content (AvgIpc) is 3.31. The molecule has 0 saturated carbocycles. The van der Waals surface area contributed by atoms with Gasteiger partial charge in [0.25, 0.3) is 5.56 Å². The molecule has 1 aliphatic heterocycles. The Labute approximate surface area is 273 Å². The number of benzene rings is 3. The van der Waals surface area contributed by atoms with Crippen molar-refractivity contribution in [3.63, 3.8) is 0 Å². The monoisotopic (exact) mass is 670 g/mol. The van der Waals surface area contributed by atoms with Gasteiger partial charge in [0.1, 0.15) is 24.1 Å². The van der Waals surface area contributed by atoms with E-state index < -0.39 is 12.0 Å². The van der Waals surface area contributed by atoms with Gasteiger partial charge in [0.05, 0.1) is 29.5 Å². The second kappa shape index (κ2) is 14.0. The van der Waals surface area contributed by atoms with Crippen molar-refractivity contribution in [2.45, 2.75) is 39.3 Å². The van der Waals surface area contributed by atoms with Gasteiger partial charge in [-0.3, -0.25) is 9.36 Å². The van der Waals surface area contributed by atoms with Crippen molar-refractivity contribution in [1.82, 2.24) is 4.57 Å². The second-order valence-corrected chi connectivity index (χ2v) is 12.2. The minimum atomic E-state index is -0.835. The van der Waals surface area contributed by atoms with Crippen molar-refractivity contribution < 1.29 is 19.0 Å². The van der Waals surface area contributed by atoms with Crippen LogP contribution in [-0.4, -0.2) is 24.3 Å². The number of aromatic nitrogens is 1. The van der Waals surface area contributed by atoms with Crippen molar-refractivity contribution in [3.05, 3.63) is 123 Å². The summed E-state index contributed by atoms with van der Waals surface area (Å²) in [6, 6.07) is 16.9. The predicted octanol–water partition coefficient (Wildman–Crippen LogP) is 7.13. The van der Waals surface area contributed by atoms with Crippen molar-refractivity contribution in [1.29, 1.82) is 0 Å². The first kappa shape index (κ1) is 31.9. The van der Waals surface area contributed by atoms with Crippen molar-refractivity contribution in [2.24, 2.45) is 4.99 Å². The van der Waals surface area contributed by atoms with Crippen LogP contribution in [0.1, 0.15) is 49.4 Å². The highest BCUT2D eigenvalue weighted by atomic mass is 35.5. The predicted molar refractivity (Wildman–Crippen MR) is 175 cm³/mol. The molecule has 5 rings (SSSR count). The van der Waals surface area contributed by atoms with Crippen LogP contribution in [0.4, 0.5) is 0 Å². The Morgan fingerprint density at radius 2 is 1.75 bits per heavy atom. The lowest BCUT2D eigenvalue weighted by atomic mass is 9.93. The van der Waals surface area contributed by atoms with Crippen LogP contribution in [0.15, 0.2) is 81.7 Å². The van der Waals surface area contributed by atoms with E-state index in [1.807, 2.05) is 37.3 Å². The number of ether oxygens (including phenoxy) is 3. The third-order valence-corrected chi connectivity index (χ3v) is 8.77. The van der Waals surface area contributed by atoms with E-state index in [1.165, 1.54) is 23.0 Å². The third kappa shape index (κ3) is 6.74. The van der Waals surface area contributed by atoms with Crippen molar-refractivity contribution in [2.75, 3.05) is 13.7 Å². The maximum Gasteiger partial charge on any atom is 0.338 e. The summed E-state index contributed by atoms with van der Waals surface area (Å²) in [7, 11) is 1.54. The molecule has 0 saturated heterocycles. The van der Waals surface area contributed by atoms with E-state index >= 15 is 0 Å². The highest BCUT2D eigenvalue weighted by Crippen LogP contribution is 2.38. The SMILES string of the molecule is CCCC1=C(C(=O)OCC)[C@@H](c2cc(Cl)ccc2OC)n2c(s/c(=C/c3ccc(OCc4ccc(Cl)cc4Cl)cc3)c2=O)=N1. The fourth-order valence-corrected chi connectivity index (χ4v) is 6.61. The zero-order valence-corrected chi connectivity index (χ0v) is 27.3. The Kier molecular flexibility index (Phi) is 10.2. The fraction of sp³-hybridized carbons (Fsp3) is 0.242. The average molecular weight is 672 g/mol. The highest BCUT2D eigenvalue weighted by Gasteiger charge is 2.36. The molecule has 3 aromatic carbocycles. The number of fused-ring (bicyclic) bond motifs is 1. The summed E-state index contributed by atoms with van der Waals surface area (Å²) in [5, 5.41) is 1.54. The van der Waals surface area contributed by atoms with Gasteiger partial charge in [-0.15, -0.1) is 0 Å². The molecular formula is C33H29Cl3N2O5S. The molecule has 2 heterocycles. The molecule has 1 aliphatic rings. The normalized spacial score (nSPS) is 14.7. The van der Waals surface area contributed by atoms with Gasteiger partial charge >= 0.3 is 5.97 Å². The number of carbonyl (C=O) groups excluding carboxylic acids is 1. The fourth-order valence-electron chi connectivity index (χ4n) is 4.95. The van der Waals surface area contributed by atoms with Gasteiger partial charge in [0.15, 0.2) is 4.80 Å². The van der Waals surface area contributed by atoms with Gasteiger partial charge in [0, 0.05) is 26.2 Å². The van der Waals surface area contributed by atoms with E-state index in [9.17, 15) is 9.59 Å². The first-order chi connectivity index (χ1) is 21.2. The molecule has 0 N–H and O–H groups in total. The van der Waals surface area contributed by atoms with E-state index in [0.29, 0.717) is 59.2 Å². The zero-order valence-electron chi connectivity index (χ0n) is 24.2. The number of halogens is 3. The molecule has 11 heteroatoms. The molecular weight excluding hydrogens is 643 g/mol. The summed E-state index contributed by atoms with van der Waals surface area (Å²) < 4.78 is 19.0. The number of hydrogen-bond acceptors (Lipinski definition) is 7. The summed E-state index contributed by atoms with van der Waals surface area (Å²) >= 11 is 19.9. The lowest BCUT2D eigenvalue weighted by molar-refractivity contribution is -0.139. The smallest absolute Gasteiger partial charge is 0.338 e. The summed E-state index contributed by atoms with van der Waals surface area (Å²) in [6.45, 7) is 4.21. The number of nitrogens with zero attached hydrogens (tertiary/aromatic N) is 2. The zero-order chi connectivity index (χ0) is 31.4. The Morgan fingerprint density at radius 1 is 1.02 bits per heavy atom. The summed E-state index contributed by atoms with van der Waals surface area (Å²) in [6.07, 6.45) is 3.07. The van der Waals surface area contributed by atoms with Crippen LogP contribution in [0.25, 0.3) is 6.08 Å². The van der Waals surface area contributed by atoms with Crippen LogP contribution in [0.3, 0.4) is 0 Å². The molecule has 0 spiro atoms. The molecule has 228 valence electrons. The Bertz CT molecular complexity index is 1910. The molecule has 7 nitrogen and oxygen atoms in total. The van der Waals surface area contributed by atoms with Crippen molar-refractivity contribution >= 4 is 58.2 Å². The molecule has 1 aromatic heterocycles. The van der Waals surface area contributed by atoms with Gasteiger partial charge in [-0.25, -0.2) is 9.79 Å². The van der Waals surface area contributed by atoms with E-state index in [1.54, 1.807) is 43.3 Å². The number of rotatable bonds is 10. The molecule has 1 atom stereocenters. The van der Waals surface area contributed by atoms with Gasteiger partial charge in [-0.05, 0) is 67.4 Å². The largest absolute Gasteiger partial charge is 0.496 e. The lowest BCUT2D eigenvalue weighted by Gasteiger charge is -2.27. The highest BCUT2D eigenvalue weighted by molar-refractivity contribution is 7.07. The number of thiazole rings is 1. The summed E-state index contributed by atoms with van der Waals surface area (Å²) in [5.41, 5.74) is 2.76. The molecule has 0 bridgehead atoms. The van der Waals surface area contributed by atoms with Gasteiger partial charge in [-0.2, -0.15) is 0 Å². The van der Waals surface area contributed by atoms with Crippen LogP contribution in [-0.2, 0) is 16.1 Å². The van der Waals surface area contributed by atoms with Gasteiger partial charge < -0.3 is 14.2 Å². The quantitative estimate of drug-likeness (QED) is 0.168. The molecule has 0 aliphatic carbocycles. The van der Waals surface area contributed by atoms with E-state index in [4.69, 9.17) is 54.0 Å². The minimum Gasteiger partial charge on any atom is -0.496 e. The lowest BCUT2D eigenvalue weighted by Crippen LogP contribution is -2.40. The minimum absolute atomic E-state index is 0.179. The number of methoxy groups -OCH3 is 1. The first-order valence-corrected chi connectivity index (χ1v) is 15.9. The Hall–Kier alpha value is -3.56. The molecule has 44 heavy (non-hydrogen) atoms. The van der Waals surface area contributed by atoms with Crippen LogP contribution < -0.4 is 24.4 Å². The molecule has 0 amide bonds. The number of esters is 1.